The third-order valence-electron chi connectivity index (χ3n) is 2.58. The summed E-state index contributed by atoms with van der Waals surface area (Å²) >= 11 is 0. The van der Waals surface area contributed by atoms with Crippen molar-refractivity contribution in [3.63, 3.8) is 0 Å². The summed E-state index contributed by atoms with van der Waals surface area (Å²) in [4.78, 5) is 0. The van der Waals surface area contributed by atoms with E-state index in [-0.39, 0.29) is 12.8 Å². The zero-order valence-electron chi connectivity index (χ0n) is 8.05. The molecule has 0 radical (unpaired) electrons. The molecular weight excluding hydrogens is 173 g/mol. The average molecular weight is 191 g/mol. The lowest BCUT2D eigenvalue weighted by molar-refractivity contribution is -0.0260. The van der Waals surface area contributed by atoms with E-state index < -0.39 is 5.60 Å². The maximum absolute atomic E-state index is 11.7. The third-order valence-corrected chi connectivity index (χ3v) is 2.58. The van der Waals surface area contributed by atoms with E-state index in [0.717, 1.165) is 0 Å². The standard InChI is InChI=1S/C9H18FNO2/c1-8-9(12,3-6-13-8)7-11-5-2-4-10/h8,11-12H,2-7H2,1H3. The molecule has 1 fully saturated rings. The predicted molar refractivity (Wildman–Crippen MR) is 48.4 cm³/mol. The molecule has 0 spiro atoms. The first-order chi connectivity index (χ1) is 6.19. The van der Waals surface area contributed by atoms with E-state index in [1.807, 2.05) is 6.92 Å². The maximum Gasteiger partial charge on any atom is 0.105 e. The molecule has 3 nitrogen and oxygen atoms in total. The van der Waals surface area contributed by atoms with Gasteiger partial charge in [0.05, 0.1) is 12.8 Å². The first-order valence-electron chi connectivity index (χ1n) is 4.80. The van der Waals surface area contributed by atoms with Crippen LogP contribution in [0.4, 0.5) is 4.39 Å². The van der Waals surface area contributed by atoms with Gasteiger partial charge in [0.2, 0.25) is 0 Å². The molecule has 0 aromatic carbocycles. The molecule has 78 valence electrons. The summed E-state index contributed by atoms with van der Waals surface area (Å²) in [6.07, 6.45) is 1.05. The molecule has 2 atom stereocenters. The Kier molecular flexibility index (Phi) is 4.09. The summed E-state index contributed by atoms with van der Waals surface area (Å²) in [5, 5.41) is 13.0. The highest BCUT2D eigenvalue weighted by Gasteiger charge is 2.38. The summed E-state index contributed by atoms with van der Waals surface area (Å²) in [7, 11) is 0. The molecule has 0 aromatic rings. The summed E-state index contributed by atoms with van der Waals surface area (Å²) in [5.41, 5.74) is -0.754. The fraction of sp³-hybridized carbons (Fsp3) is 1.00. The number of hydrogen-bond acceptors (Lipinski definition) is 3. The van der Waals surface area contributed by atoms with Crippen molar-refractivity contribution in [1.29, 1.82) is 0 Å². The molecule has 0 aliphatic carbocycles. The van der Waals surface area contributed by atoms with Crippen molar-refractivity contribution in [2.24, 2.45) is 0 Å². The number of rotatable bonds is 5. The van der Waals surface area contributed by atoms with Gasteiger partial charge in [-0.1, -0.05) is 0 Å². The highest BCUT2D eigenvalue weighted by atomic mass is 19.1. The van der Waals surface area contributed by atoms with Crippen LogP contribution in [0.3, 0.4) is 0 Å². The zero-order valence-corrected chi connectivity index (χ0v) is 8.05. The van der Waals surface area contributed by atoms with E-state index in [1.165, 1.54) is 0 Å². The Bertz CT molecular complexity index is 157. The Morgan fingerprint density at radius 1 is 1.69 bits per heavy atom. The van der Waals surface area contributed by atoms with Crippen molar-refractivity contribution in [2.45, 2.75) is 31.5 Å². The highest BCUT2D eigenvalue weighted by Crippen LogP contribution is 2.24. The molecule has 1 saturated heterocycles. The molecule has 2 N–H and O–H groups in total. The number of nitrogens with one attached hydrogen (secondary N) is 1. The molecule has 1 aliphatic heterocycles. The van der Waals surface area contributed by atoms with Crippen molar-refractivity contribution in [2.75, 3.05) is 26.4 Å². The van der Waals surface area contributed by atoms with Crippen LogP contribution in [-0.4, -0.2) is 43.2 Å². The molecule has 1 rings (SSSR count). The first-order valence-corrected chi connectivity index (χ1v) is 4.80. The summed E-state index contributed by atoms with van der Waals surface area (Å²) in [5.74, 6) is 0. The van der Waals surface area contributed by atoms with Gasteiger partial charge in [-0.2, -0.15) is 0 Å². The van der Waals surface area contributed by atoms with E-state index in [2.05, 4.69) is 5.32 Å². The zero-order chi connectivity index (χ0) is 9.73. The molecule has 0 amide bonds. The third kappa shape index (κ3) is 2.90. The minimum atomic E-state index is -0.754. The maximum atomic E-state index is 11.7. The quantitative estimate of drug-likeness (QED) is 0.621. The normalized spacial score (nSPS) is 33.9. The molecule has 4 heteroatoms. The number of halogens is 1. The van der Waals surface area contributed by atoms with Crippen LogP contribution in [0.5, 0.6) is 0 Å². The van der Waals surface area contributed by atoms with Crippen molar-refractivity contribution in [3.8, 4) is 0 Å². The van der Waals surface area contributed by atoms with Crippen LogP contribution in [0.1, 0.15) is 19.8 Å². The minimum absolute atomic E-state index is 0.120. The second-order valence-electron chi connectivity index (χ2n) is 3.59. The number of ether oxygens (including phenoxy) is 1. The molecule has 1 heterocycles. The number of aliphatic hydroxyl groups is 1. The molecule has 13 heavy (non-hydrogen) atoms. The molecule has 0 saturated carbocycles. The Labute approximate surface area is 78.3 Å². The Morgan fingerprint density at radius 3 is 3.00 bits per heavy atom. The summed E-state index contributed by atoms with van der Waals surface area (Å²) in [6, 6.07) is 0. The lowest BCUT2D eigenvalue weighted by atomic mass is 9.97. The number of alkyl halides is 1. The SMILES string of the molecule is CC1OCCC1(O)CNCCCF. The van der Waals surface area contributed by atoms with Gasteiger partial charge >= 0.3 is 0 Å². The highest BCUT2D eigenvalue weighted by molar-refractivity contribution is 4.91. The van der Waals surface area contributed by atoms with Crippen molar-refractivity contribution in [1.82, 2.24) is 5.32 Å². The summed E-state index contributed by atoms with van der Waals surface area (Å²) < 4.78 is 17.0. The van der Waals surface area contributed by atoms with Crippen molar-refractivity contribution >= 4 is 0 Å². The van der Waals surface area contributed by atoms with E-state index in [0.29, 0.717) is 32.5 Å². The van der Waals surface area contributed by atoms with Gasteiger partial charge in [-0.05, 0) is 19.9 Å². The average Bonchev–Trinajstić information content (AvgIpc) is 2.42. The van der Waals surface area contributed by atoms with Gasteiger partial charge in [0.1, 0.15) is 5.60 Å². The molecule has 0 aromatic heterocycles. The van der Waals surface area contributed by atoms with Crippen LogP contribution in [-0.2, 0) is 4.74 Å². The van der Waals surface area contributed by atoms with Gasteiger partial charge in [0.15, 0.2) is 0 Å². The second kappa shape index (κ2) is 4.88. The fourth-order valence-corrected chi connectivity index (χ4v) is 1.50. The van der Waals surface area contributed by atoms with Gasteiger partial charge in [-0.25, -0.2) is 0 Å². The Balaban J connectivity index is 2.18. The van der Waals surface area contributed by atoms with Crippen LogP contribution in [0.2, 0.25) is 0 Å². The van der Waals surface area contributed by atoms with Crippen LogP contribution in [0.15, 0.2) is 0 Å². The van der Waals surface area contributed by atoms with E-state index >= 15 is 0 Å². The smallest absolute Gasteiger partial charge is 0.105 e. The van der Waals surface area contributed by atoms with Crippen LogP contribution in [0, 0.1) is 0 Å². The Hall–Kier alpha value is -0.190. The fourth-order valence-electron chi connectivity index (χ4n) is 1.50. The van der Waals surface area contributed by atoms with Crippen LogP contribution < -0.4 is 5.32 Å². The van der Waals surface area contributed by atoms with Gasteiger partial charge in [0, 0.05) is 19.6 Å². The van der Waals surface area contributed by atoms with Gasteiger partial charge in [-0.3, -0.25) is 4.39 Å². The monoisotopic (exact) mass is 191 g/mol. The van der Waals surface area contributed by atoms with E-state index in [4.69, 9.17) is 4.74 Å². The van der Waals surface area contributed by atoms with Crippen LogP contribution >= 0.6 is 0 Å². The van der Waals surface area contributed by atoms with Gasteiger partial charge < -0.3 is 15.2 Å². The van der Waals surface area contributed by atoms with Gasteiger partial charge in [-0.15, -0.1) is 0 Å². The summed E-state index contributed by atoms with van der Waals surface area (Å²) in [6.45, 7) is 3.28. The van der Waals surface area contributed by atoms with Crippen LogP contribution in [0.25, 0.3) is 0 Å². The number of hydrogen-bond donors (Lipinski definition) is 2. The lowest BCUT2D eigenvalue weighted by Gasteiger charge is -2.26. The first kappa shape index (κ1) is 10.9. The second-order valence-corrected chi connectivity index (χ2v) is 3.59. The van der Waals surface area contributed by atoms with E-state index in [9.17, 15) is 9.50 Å². The Morgan fingerprint density at radius 2 is 2.46 bits per heavy atom. The molecule has 2 unspecified atom stereocenters. The largest absolute Gasteiger partial charge is 0.386 e. The van der Waals surface area contributed by atoms with Crippen molar-refractivity contribution in [3.05, 3.63) is 0 Å². The molecule has 0 bridgehead atoms. The van der Waals surface area contributed by atoms with E-state index in [1.54, 1.807) is 0 Å². The lowest BCUT2D eigenvalue weighted by Crippen LogP contribution is -2.46. The topological polar surface area (TPSA) is 41.5 Å². The minimum Gasteiger partial charge on any atom is -0.386 e. The molecular formula is C9H18FNO2. The van der Waals surface area contributed by atoms with Crippen molar-refractivity contribution < 1.29 is 14.2 Å². The molecule has 1 aliphatic rings. The van der Waals surface area contributed by atoms with Gasteiger partial charge in [0.25, 0.3) is 0 Å². The predicted octanol–water partition coefficient (Wildman–Crippen LogP) is 0.475.